The van der Waals surface area contributed by atoms with E-state index in [2.05, 4.69) is 11.4 Å². The minimum atomic E-state index is -0.238. The summed E-state index contributed by atoms with van der Waals surface area (Å²) in [6.07, 6.45) is 0.811. The zero-order valence-corrected chi connectivity index (χ0v) is 13.5. The molecule has 6 nitrogen and oxygen atoms in total. The summed E-state index contributed by atoms with van der Waals surface area (Å²) >= 11 is 0. The normalized spacial score (nSPS) is 17.3. The zero-order chi connectivity index (χ0) is 16.9. The number of carbonyl (C=O) groups excluding carboxylic acids is 1. The van der Waals surface area contributed by atoms with Gasteiger partial charge >= 0.3 is 6.03 Å². The van der Waals surface area contributed by atoms with Crippen LogP contribution in [-0.2, 0) is 11.2 Å². The second-order valence-electron chi connectivity index (χ2n) is 5.56. The van der Waals surface area contributed by atoms with E-state index in [1.807, 2.05) is 19.1 Å². The van der Waals surface area contributed by atoms with Crippen LogP contribution in [0.4, 0.5) is 10.5 Å². The maximum atomic E-state index is 12.6. The number of ether oxygens (including phenoxy) is 1. The molecule has 3 rings (SSSR count). The number of furan rings is 1. The first kappa shape index (κ1) is 16.1. The number of hydrogen-bond donors (Lipinski definition) is 1. The minimum absolute atomic E-state index is 0.206. The quantitative estimate of drug-likeness (QED) is 0.939. The van der Waals surface area contributed by atoms with Crippen molar-refractivity contribution < 1.29 is 13.9 Å². The maximum Gasteiger partial charge on any atom is 0.322 e. The highest BCUT2D eigenvalue weighted by Gasteiger charge is 2.31. The van der Waals surface area contributed by atoms with Crippen LogP contribution < -0.4 is 5.32 Å². The predicted molar refractivity (Wildman–Crippen MR) is 88.5 cm³/mol. The summed E-state index contributed by atoms with van der Waals surface area (Å²) in [5.74, 6) is 1.63. The van der Waals surface area contributed by atoms with Gasteiger partial charge in [-0.2, -0.15) is 5.26 Å². The Bertz CT molecular complexity index is 746. The van der Waals surface area contributed by atoms with E-state index >= 15 is 0 Å². The molecule has 124 valence electrons. The van der Waals surface area contributed by atoms with E-state index < -0.39 is 0 Å². The molecule has 6 heteroatoms. The Morgan fingerprint density at radius 2 is 2.12 bits per heavy atom. The number of aryl methyl sites for hydroxylation is 1. The van der Waals surface area contributed by atoms with Gasteiger partial charge in [0.25, 0.3) is 0 Å². The lowest BCUT2D eigenvalue weighted by molar-refractivity contribution is 0.00702. The third-order valence-corrected chi connectivity index (χ3v) is 4.01. The molecule has 24 heavy (non-hydrogen) atoms. The fourth-order valence-electron chi connectivity index (χ4n) is 2.67. The number of morpholine rings is 1. The van der Waals surface area contributed by atoms with Crippen LogP contribution in [0.1, 0.15) is 30.0 Å². The van der Waals surface area contributed by atoms with Crippen molar-refractivity contribution in [2.24, 2.45) is 0 Å². The Kier molecular flexibility index (Phi) is 4.82. The number of benzene rings is 1. The molecule has 0 spiro atoms. The third-order valence-electron chi connectivity index (χ3n) is 4.01. The molecule has 0 bridgehead atoms. The number of rotatable bonds is 3. The number of hydrogen-bond acceptors (Lipinski definition) is 4. The number of anilines is 1. The highest BCUT2D eigenvalue weighted by Crippen LogP contribution is 2.27. The smallest absolute Gasteiger partial charge is 0.322 e. The van der Waals surface area contributed by atoms with Gasteiger partial charge in [-0.15, -0.1) is 0 Å². The van der Waals surface area contributed by atoms with Crippen molar-refractivity contribution in [2.75, 3.05) is 25.1 Å². The molecule has 1 aromatic carbocycles. The topological polar surface area (TPSA) is 78.5 Å². The fraction of sp³-hybridized carbons (Fsp3) is 0.333. The number of nitriles is 1. The molecular formula is C18H19N3O3. The Morgan fingerprint density at radius 3 is 2.79 bits per heavy atom. The van der Waals surface area contributed by atoms with E-state index in [1.54, 1.807) is 29.2 Å². The maximum absolute atomic E-state index is 12.6. The van der Waals surface area contributed by atoms with Crippen LogP contribution in [0.25, 0.3) is 0 Å². The third kappa shape index (κ3) is 3.42. The zero-order valence-electron chi connectivity index (χ0n) is 13.5. The SMILES string of the molecule is CCc1ccc([C@H]2COCCN2C(=O)Nc2ccc(C#N)cc2)o1. The second-order valence-corrected chi connectivity index (χ2v) is 5.56. The number of nitrogens with zero attached hydrogens (tertiary/aromatic N) is 2. The average molecular weight is 325 g/mol. The van der Waals surface area contributed by atoms with E-state index in [0.717, 1.165) is 17.9 Å². The van der Waals surface area contributed by atoms with Crippen LogP contribution in [0.2, 0.25) is 0 Å². The van der Waals surface area contributed by atoms with E-state index in [9.17, 15) is 4.79 Å². The molecular weight excluding hydrogens is 306 g/mol. The summed E-state index contributed by atoms with van der Waals surface area (Å²) in [6, 6.07) is 12.2. The van der Waals surface area contributed by atoms with Crippen LogP contribution in [0.15, 0.2) is 40.8 Å². The van der Waals surface area contributed by atoms with Gasteiger partial charge in [-0.05, 0) is 36.4 Å². The van der Waals surface area contributed by atoms with Crippen LogP contribution in [0.3, 0.4) is 0 Å². The molecule has 0 radical (unpaired) electrons. The first-order valence-corrected chi connectivity index (χ1v) is 7.95. The van der Waals surface area contributed by atoms with Crippen LogP contribution in [0, 0.1) is 11.3 Å². The molecule has 1 N–H and O–H groups in total. The van der Waals surface area contributed by atoms with Gasteiger partial charge in [-0.3, -0.25) is 0 Å². The number of carbonyl (C=O) groups is 1. The van der Waals surface area contributed by atoms with Gasteiger partial charge in [0.05, 0.1) is 24.8 Å². The first-order chi connectivity index (χ1) is 11.7. The standard InChI is InChI=1S/C18H19N3O3/c1-2-15-7-8-17(24-15)16-12-23-10-9-21(16)18(22)20-14-5-3-13(11-19)4-6-14/h3-8,16H,2,9-10,12H2,1H3,(H,20,22)/t16-/m1/s1. The van der Waals surface area contributed by atoms with E-state index in [4.69, 9.17) is 14.4 Å². The van der Waals surface area contributed by atoms with Crippen LogP contribution in [0.5, 0.6) is 0 Å². The predicted octanol–water partition coefficient (Wildman–Crippen LogP) is 3.32. The highest BCUT2D eigenvalue weighted by molar-refractivity contribution is 5.89. The average Bonchev–Trinajstić information content (AvgIpc) is 3.11. The summed E-state index contributed by atoms with van der Waals surface area (Å²) in [6.45, 7) is 3.43. The lowest BCUT2D eigenvalue weighted by Gasteiger charge is -2.34. The number of urea groups is 1. The molecule has 1 aromatic heterocycles. The molecule has 1 atom stereocenters. The molecule has 2 aromatic rings. The van der Waals surface area contributed by atoms with Gasteiger partial charge in [0, 0.05) is 18.7 Å². The van der Waals surface area contributed by atoms with Gasteiger partial charge in [-0.25, -0.2) is 4.79 Å². The summed E-state index contributed by atoms with van der Waals surface area (Å²) < 4.78 is 11.3. The molecule has 0 saturated carbocycles. The van der Waals surface area contributed by atoms with Gasteiger partial charge in [0.2, 0.25) is 0 Å². The molecule has 0 aliphatic carbocycles. The molecule has 1 saturated heterocycles. The van der Waals surface area contributed by atoms with Gasteiger partial charge in [-0.1, -0.05) is 6.92 Å². The summed E-state index contributed by atoms with van der Waals surface area (Å²) in [5, 5.41) is 11.7. The Morgan fingerprint density at radius 1 is 1.33 bits per heavy atom. The van der Waals surface area contributed by atoms with Crippen molar-refractivity contribution in [1.29, 1.82) is 5.26 Å². The first-order valence-electron chi connectivity index (χ1n) is 7.95. The molecule has 1 aliphatic rings. The molecule has 2 amide bonds. The van der Waals surface area contributed by atoms with Gasteiger partial charge in [0.15, 0.2) is 0 Å². The van der Waals surface area contributed by atoms with Crippen molar-refractivity contribution in [3.63, 3.8) is 0 Å². The lowest BCUT2D eigenvalue weighted by atomic mass is 10.2. The van der Waals surface area contributed by atoms with Crippen LogP contribution in [-0.4, -0.2) is 30.7 Å². The van der Waals surface area contributed by atoms with Gasteiger partial charge in [0.1, 0.15) is 17.6 Å². The van der Waals surface area contributed by atoms with E-state index in [0.29, 0.717) is 31.0 Å². The Hall–Kier alpha value is -2.78. The molecule has 2 heterocycles. The lowest BCUT2D eigenvalue weighted by Crippen LogP contribution is -2.45. The Labute approximate surface area is 140 Å². The van der Waals surface area contributed by atoms with Crippen molar-refractivity contribution in [2.45, 2.75) is 19.4 Å². The number of amides is 2. The van der Waals surface area contributed by atoms with Crippen molar-refractivity contribution in [3.8, 4) is 6.07 Å². The second kappa shape index (κ2) is 7.20. The number of nitrogens with one attached hydrogen (secondary N) is 1. The van der Waals surface area contributed by atoms with Gasteiger partial charge < -0.3 is 19.4 Å². The fourth-order valence-corrected chi connectivity index (χ4v) is 2.67. The molecule has 1 fully saturated rings. The van der Waals surface area contributed by atoms with E-state index in [-0.39, 0.29) is 12.1 Å². The van der Waals surface area contributed by atoms with E-state index in [1.165, 1.54) is 0 Å². The highest BCUT2D eigenvalue weighted by atomic mass is 16.5. The van der Waals surface area contributed by atoms with Crippen molar-refractivity contribution in [1.82, 2.24) is 4.90 Å². The molecule has 0 unspecified atom stereocenters. The Balaban J connectivity index is 1.74. The molecule has 1 aliphatic heterocycles. The monoisotopic (exact) mass is 325 g/mol. The summed E-state index contributed by atoms with van der Waals surface area (Å²) in [5.41, 5.74) is 1.21. The summed E-state index contributed by atoms with van der Waals surface area (Å²) in [4.78, 5) is 14.4. The summed E-state index contributed by atoms with van der Waals surface area (Å²) in [7, 11) is 0. The van der Waals surface area contributed by atoms with Crippen molar-refractivity contribution >= 4 is 11.7 Å². The van der Waals surface area contributed by atoms with Crippen molar-refractivity contribution in [3.05, 3.63) is 53.5 Å². The minimum Gasteiger partial charge on any atom is -0.464 e. The van der Waals surface area contributed by atoms with Crippen LogP contribution >= 0.6 is 0 Å². The largest absolute Gasteiger partial charge is 0.464 e.